The van der Waals surface area contributed by atoms with Crippen molar-refractivity contribution in [3.8, 4) is 17.0 Å². The number of rotatable bonds is 2. The first-order valence-electron chi connectivity index (χ1n) is 6.55. The van der Waals surface area contributed by atoms with Gasteiger partial charge in [0.1, 0.15) is 11.4 Å². The van der Waals surface area contributed by atoms with Crippen LogP contribution in [0, 0.1) is 5.41 Å². The van der Waals surface area contributed by atoms with E-state index < -0.39 is 11.6 Å². The molecule has 0 fully saturated rings. The molecule has 0 amide bonds. The SMILES string of the molecule is CC(C)(C)C(N)c1nc(O)c(-c2ccccc2Cl)c(=O)[nH]1. The molecule has 1 aromatic heterocycles. The number of benzene rings is 1. The van der Waals surface area contributed by atoms with E-state index in [9.17, 15) is 9.90 Å². The summed E-state index contributed by atoms with van der Waals surface area (Å²) in [5.41, 5.74) is 5.77. The number of H-pyrrole nitrogens is 1. The molecule has 0 saturated heterocycles. The van der Waals surface area contributed by atoms with Gasteiger partial charge in [0.05, 0.1) is 6.04 Å². The van der Waals surface area contributed by atoms with E-state index in [4.69, 9.17) is 17.3 Å². The third-order valence-corrected chi connectivity index (χ3v) is 3.62. The molecule has 1 heterocycles. The van der Waals surface area contributed by atoms with Crippen LogP contribution >= 0.6 is 11.6 Å². The Balaban J connectivity index is 2.59. The average Bonchev–Trinajstić information content (AvgIpc) is 2.38. The number of hydrogen-bond donors (Lipinski definition) is 3. The number of nitrogens with one attached hydrogen (secondary N) is 1. The van der Waals surface area contributed by atoms with Gasteiger partial charge in [-0.05, 0) is 11.5 Å². The van der Waals surface area contributed by atoms with Gasteiger partial charge in [-0.2, -0.15) is 4.98 Å². The number of aromatic amines is 1. The van der Waals surface area contributed by atoms with Crippen molar-refractivity contribution in [1.29, 1.82) is 0 Å². The van der Waals surface area contributed by atoms with Crippen molar-refractivity contribution in [2.75, 3.05) is 0 Å². The average molecular weight is 308 g/mol. The highest BCUT2D eigenvalue weighted by Gasteiger charge is 2.26. The molecule has 0 saturated carbocycles. The molecule has 4 N–H and O–H groups in total. The van der Waals surface area contributed by atoms with Crippen LogP contribution in [-0.2, 0) is 0 Å². The number of hydrogen-bond acceptors (Lipinski definition) is 4. The maximum absolute atomic E-state index is 12.3. The molecule has 0 aliphatic rings. The molecule has 0 aliphatic heterocycles. The Bertz CT molecular complexity index is 720. The van der Waals surface area contributed by atoms with Gasteiger partial charge in [-0.3, -0.25) is 4.79 Å². The second kappa shape index (κ2) is 5.50. The minimum atomic E-state index is -0.503. The van der Waals surface area contributed by atoms with Gasteiger partial charge in [-0.15, -0.1) is 0 Å². The van der Waals surface area contributed by atoms with Crippen LogP contribution in [0.5, 0.6) is 5.88 Å². The van der Waals surface area contributed by atoms with Gasteiger partial charge in [-0.1, -0.05) is 50.6 Å². The normalized spacial score (nSPS) is 13.2. The molecule has 6 heteroatoms. The van der Waals surface area contributed by atoms with E-state index in [-0.39, 0.29) is 22.7 Å². The molecule has 0 bridgehead atoms. The second-order valence-corrected chi connectivity index (χ2v) is 6.38. The molecule has 0 spiro atoms. The fourth-order valence-electron chi connectivity index (χ4n) is 1.94. The van der Waals surface area contributed by atoms with E-state index in [1.165, 1.54) is 0 Å². The predicted molar refractivity (Wildman–Crippen MR) is 83.4 cm³/mol. The molecule has 1 atom stereocenters. The van der Waals surface area contributed by atoms with Crippen molar-refractivity contribution in [2.24, 2.45) is 11.1 Å². The Morgan fingerprint density at radius 1 is 1.33 bits per heavy atom. The Morgan fingerprint density at radius 2 is 1.95 bits per heavy atom. The zero-order chi connectivity index (χ0) is 15.8. The van der Waals surface area contributed by atoms with Gasteiger partial charge in [0, 0.05) is 10.6 Å². The molecule has 21 heavy (non-hydrogen) atoms. The Labute approximate surface area is 127 Å². The first-order valence-corrected chi connectivity index (χ1v) is 6.93. The minimum Gasteiger partial charge on any atom is -0.493 e. The summed E-state index contributed by atoms with van der Waals surface area (Å²) in [4.78, 5) is 18.9. The van der Waals surface area contributed by atoms with Crippen LogP contribution < -0.4 is 11.3 Å². The van der Waals surface area contributed by atoms with Crippen molar-refractivity contribution in [3.63, 3.8) is 0 Å². The highest BCUT2D eigenvalue weighted by Crippen LogP contribution is 2.32. The summed E-state index contributed by atoms with van der Waals surface area (Å²) in [7, 11) is 0. The monoisotopic (exact) mass is 307 g/mol. The maximum Gasteiger partial charge on any atom is 0.262 e. The lowest BCUT2D eigenvalue weighted by Gasteiger charge is -2.26. The van der Waals surface area contributed by atoms with Crippen LogP contribution in [0.25, 0.3) is 11.1 Å². The number of halogens is 1. The number of nitrogens with two attached hydrogens (primary N) is 1. The number of nitrogens with zero attached hydrogens (tertiary/aromatic N) is 1. The quantitative estimate of drug-likeness (QED) is 0.795. The summed E-state index contributed by atoms with van der Waals surface area (Å²) in [6.45, 7) is 5.78. The molecule has 5 nitrogen and oxygen atoms in total. The Hall–Kier alpha value is -1.85. The van der Waals surface area contributed by atoms with Gasteiger partial charge in [0.15, 0.2) is 0 Å². The van der Waals surface area contributed by atoms with Gasteiger partial charge in [-0.25, -0.2) is 0 Å². The lowest BCUT2D eigenvalue weighted by atomic mass is 9.87. The fourth-order valence-corrected chi connectivity index (χ4v) is 2.17. The summed E-state index contributed by atoms with van der Waals surface area (Å²) in [5.74, 6) is -0.123. The molecule has 2 aromatic rings. The summed E-state index contributed by atoms with van der Waals surface area (Å²) in [6.07, 6.45) is 0. The standard InChI is InChI=1S/C15H18ClN3O2/c1-15(2,3)11(17)12-18-13(20)10(14(21)19-12)8-6-4-5-7-9(8)16/h4-7,11H,17H2,1-3H3,(H2,18,19,20,21). The highest BCUT2D eigenvalue weighted by atomic mass is 35.5. The molecular weight excluding hydrogens is 290 g/mol. The predicted octanol–water partition coefficient (Wildman–Crippen LogP) is 2.84. The molecule has 1 aromatic carbocycles. The maximum atomic E-state index is 12.3. The largest absolute Gasteiger partial charge is 0.493 e. The molecule has 0 aliphatic carbocycles. The summed E-state index contributed by atoms with van der Waals surface area (Å²) < 4.78 is 0. The van der Waals surface area contributed by atoms with Gasteiger partial charge in [0.2, 0.25) is 5.88 Å². The van der Waals surface area contributed by atoms with Crippen LogP contribution in [0.15, 0.2) is 29.1 Å². The third kappa shape index (κ3) is 3.09. The zero-order valence-electron chi connectivity index (χ0n) is 12.1. The van der Waals surface area contributed by atoms with E-state index in [2.05, 4.69) is 9.97 Å². The van der Waals surface area contributed by atoms with Crippen LogP contribution in [-0.4, -0.2) is 15.1 Å². The van der Waals surface area contributed by atoms with Crippen LogP contribution in [0.1, 0.15) is 32.6 Å². The van der Waals surface area contributed by atoms with Crippen molar-refractivity contribution < 1.29 is 5.11 Å². The lowest BCUT2D eigenvalue weighted by molar-refractivity contribution is 0.311. The smallest absolute Gasteiger partial charge is 0.262 e. The molecule has 2 rings (SSSR count). The zero-order valence-corrected chi connectivity index (χ0v) is 12.9. The van der Waals surface area contributed by atoms with Crippen molar-refractivity contribution >= 4 is 11.6 Å². The van der Waals surface area contributed by atoms with Crippen LogP contribution in [0.4, 0.5) is 0 Å². The first-order chi connectivity index (χ1) is 9.71. The Kier molecular flexibility index (Phi) is 4.07. The van der Waals surface area contributed by atoms with Crippen molar-refractivity contribution in [2.45, 2.75) is 26.8 Å². The van der Waals surface area contributed by atoms with Crippen LogP contribution in [0.3, 0.4) is 0 Å². The van der Waals surface area contributed by atoms with E-state index in [1.54, 1.807) is 24.3 Å². The number of aromatic hydroxyl groups is 1. The summed E-state index contributed by atoms with van der Waals surface area (Å²) >= 11 is 6.06. The first kappa shape index (κ1) is 15.5. The van der Waals surface area contributed by atoms with Crippen molar-refractivity contribution in [3.05, 3.63) is 45.5 Å². The van der Waals surface area contributed by atoms with E-state index >= 15 is 0 Å². The Morgan fingerprint density at radius 3 is 2.48 bits per heavy atom. The topological polar surface area (TPSA) is 92.0 Å². The van der Waals surface area contributed by atoms with E-state index in [1.807, 2.05) is 20.8 Å². The third-order valence-electron chi connectivity index (χ3n) is 3.29. The van der Waals surface area contributed by atoms with Gasteiger partial charge >= 0.3 is 0 Å². The second-order valence-electron chi connectivity index (χ2n) is 5.97. The van der Waals surface area contributed by atoms with Crippen LogP contribution in [0.2, 0.25) is 5.02 Å². The summed E-state index contributed by atoms with van der Waals surface area (Å²) in [6, 6.07) is 6.27. The fraction of sp³-hybridized carbons (Fsp3) is 0.333. The molecule has 0 radical (unpaired) electrons. The van der Waals surface area contributed by atoms with E-state index in [0.29, 0.717) is 10.6 Å². The minimum absolute atomic E-state index is 0.0467. The molecule has 112 valence electrons. The van der Waals surface area contributed by atoms with E-state index in [0.717, 1.165) is 0 Å². The highest BCUT2D eigenvalue weighted by molar-refractivity contribution is 6.33. The summed E-state index contributed by atoms with van der Waals surface area (Å²) in [5, 5.41) is 10.5. The van der Waals surface area contributed by atoms with Gasteiger partial charge < -0.3 is 15.8 Å². The van der Waals surface area contributed by atoms with Crippen molar-refractivity contribution in [1.82, 2.24) is 9.97 Å². The lowest BCUT2D eigenvalue weighted by Crippen LogP contribution is -2.30. The molecular formula is C15H18ClN3O2. The molecule has 1 unspecified atom stereocenters. The van der Waals surface area contributed by atoms with Gasteiger partial charge in [0.25, 0.3) is 5.56 Å². The number of aromatic nitrogens is 2.